The number of piperidine rings is 1. The van der Waals surface area contributed by atoms with E-state index < -0.39 is 22.4 Å². The second-order valence-corrected chi connectivity index (χ2v) is 10.8. The molecule has 2 saturated heterocycles. The molecule has 0 aliphatic carbocycles. The number of aliphatic carboxylic acids is 1. The summed E-state index contributed by atoms with van der Waals surface area (Å²) in [6.45, 7) is 3.39. The highest BCUT2D eigenvalue weighted by molar-refractivity contribution is 7.86. The normalized spacial score (nSPS) is 21.3. The third-order valence-corrected chi connectivity index (χ3v) is 8.11. The molecule has 2 aliphatic heterocycles. The number of nitrogens with two attached hydrogens (primary N) is 1. The van der Waals surface area contributed by atoms with Crippen LogP contribution in [-0.2, 0) is 26.3 Å². The molecular formula is C24H31F3N4O6S. The number of ether oxygens (including phenoxy) is 2. The second-order valence-electron chi connectivity index (χ2n) is 8.87. The van der Waals surface area contributed by atoms with E-state index in [0.717, 1.165) is 17.5 Å². The summed E-state index contributed by atoms with van der Waals surface area (Å²) in [5.41, 5.74) is 7.81. The van der Waals surface area contributed by atoms with Crippen molar-refractivity contribution in [3.63, 3.8) is 0 Å². The van der Waals surface area contributed by atoms with Gasteiger partial charge >= 0.3 is 12.1 Å². The lowest BCUT2D eigenvalue weighted by Gasteiger charge is -2.40. The third-order valence-electron chi connectivity index (χ3n) is 6.14. The highest BCUT2D eigenvalue weighted by atomic mass is 32.2. The minimum absolute atomic E-state index is 0.0538. The summed E-state index contributed by atoms with van der Waals surface area (Å²) < 4.78 is 72.9. The van der Waals surface area contributed by atoms with Gasteiger partial charge in [-0.15, -0.1) is 0 Å². The van der Waals surface area contributed by atoms with E-state index in [1.165, 1.54) is 4.31 Å². The largest absolute Gasteiger partial charge is 0.490 e. The quantitative estimate of drug-likeness (QED) is 0.527. The number of aromatic nitrogens is 1. The second kappa shape index (κ2) is 13.3. The average molecular weight is 561 g/mol. The van der Waals surface area contributed by atoms with Crippen LogP contribution in [0.5, 0.6) is 5.88 Å². The first-order valence-corrected chi connectivity index (χ1v) is 13.4. The molecule has 2 fully saturated rings. The predicted molar refractivity (Wildman–Crippen MR) is 131 cm³/mol. The van der Waals surface area contributed by atoms with Crippen LogP contribution in [0.25, 0.3) is 0 Å². The van der Waals surface area contributed by atoms with Crippen molar-refractivity contribution in [2.24, 2.45) is 11.7 Å². The van der Waals surface area contributed by atoms with Crippen molar-refractivity contribution in [3.8, 4) is 5.88 Å². The number of benzene rings is 1. The number of nitrogens with zero attached hydrogens (tertiary/aromatic N) is 3. The van der Waals surface area contributed by atoms with Crippen LogP contribution in [0.3, 0.4) is 0 Å². The minimum atomic E-state index is -5.08. The van der Waals surface area contributed by atoms with E-state index in [1.807, 2.05) is 30.3 Å². The van der Waals surface area contributed by atoms with Gasteiger partial charge in [-0.25, -0.2) is 9.78 Å². The molecule has 0 amide bonds. The molecule has 10 nitrogen and oxygen atoms in total. The van der Waals surface area contributed by atoms with Crippen molar-refractivity contribution >= 4 is 16.2 Å². The smallest absolute Gasteiger partial charge is 0.477 e. The van der Waals surface area contributed by atoms with E-state index in [1.54, 1.807) is 10.5 Å². The number of rotatable bonds is 7. The Balaban J connectivity index is 0.000000505. The van der Waals surface area contributed by atoms with E-state index >= 15 is 0 Å². The van der Waals surface area contributed by atoms with Gasteiger partial charge in [0, 0.05) is 50.9 Å². The fourth-order valence-electron chi connectivity index (χ4n) is 4.24. The first-order chi connectivity index (χ1) is 18.0. The van der Waals surface area contributed by atoms with E-state index in [-0.39, 0.29) is 11.8 Å². The Morgan fingerprint density at radius 2 is 1.79 bits per heavy atom. The lowest BCUT2D eigenvalue weighted by atomic mass is 9.86. The Kier molecular flexibility index (Phi) is 10.4. The third kappa shape index (κ3) is 8.36. The number of alkyl halides is 3. The molecule has 1 aromatic carbocycles. The van der Waals surface area contributed by atoms with Crippen LogP contribution in [-0.4, -0.2) is 85.3 Å². The van der Waals surface area contributed by atoms with E-state index in [0.29, 0.717) is 58.4 Å². The molecule has 4 rings (SSSR count). The summed E-state index contributed by atoms with van der Waals surface area (Å²) >= 11 is 0. The maximum absolute atomic E-state index is 13.4. The van der Waals surface area contributed by atoms with Gasteiger partial charge in [0.05, 0.1) is 19.8 Å². The lowest BCUT2D eigenvalue weighted by molar-refractivity contribution is -0.192. The molecule has 2 aromatic rings. The highest BCUT2D eigenvalue weighted by Gasteiger charge is 2.39. The zero-order chi connectivity index (χ0) is 27.8. The fraction of sp³-hybridized carbons (Fsp3) is 0.500. The SMILES string of the molecule is NCc1ccnc(OC[C@H]2C[C@H](c3ccccc3)CN(S(=O)(=O)N3CCOCC3)C2)c1.O=C(O)C(F)(F)F. The molecule has 1 aromatic heterocycles. The molecule has 0 spiro atoms. The molecule has 0 bridgehead atoms. The standard InChI is InChI=1S/C22H30N4O4S.C2HF3O2/c23-14-18-6-7-24-22(13-18)30-17-19-12-21(20-4-2-1-3-5-20)16-26(15-19)31(27,28)25-8-10-29-11-9-25;3-2(4,5)1(6)7/h1-7,13,19,21H,8-12,14-17,23H2;(H,6,7)/t19-,21-;/m0./s1. The van der Waals surface area contributed by atoms with Gasteiger partial charge < -0.3 is 20.3 Å². The molecule has 2 aliphatic rings. The van der Waals surface area contributed by atoms with Crippen molar-refractivity contribution in [1.29, 1.82) is 0 Å². The molecule has 38 heavy (non-hydrogen) atoms. The fourth-order valence-corrected chi connectivity index (χ4v) is 5.94. The molecule has 14 heteroatoms. The maximum atomic E-state index is 13.4. The van der Waals surface area contributed by atoms with Crippen LogP contribution in [0.1, 0.15) is 23.5 Å². The molecule has 0 unspecified atom stereocenters. The van der Waals surface area contributed by atoms with Crippen LogP contribution in [0.15, 0.2) is 48.7 Å². The van der Waals surface area contributed by atoms with Crippen LogP contribution in [0.4, 0.5) is 13.2 Å². The van der Waals surface area contributed by atoms with Gasteiger partial charge in [-0.05, 0) is 29.5 Å². The number of hydrogen-bond acceptors (Lipinski definition) is 7. The maximum Gasteiger partial charge on any atom is 0.490 e. The number of morpholine rings is 1. The van der Waals surface area contributed by atoms with Crippen molar-refractivity contribution in [1.82, 2.24) is 13.6 Å². The summed E-state index contributed by atoms with van der Waals surface area (Å²) in [6, 6.07) is 13.8. The summed E-state index contributed by atoms with van der Waals surface area (Å²) in [4.78, 5) is 13.2. The monoisotopic (exact) mass is 560 g/mol. The molecule has 3 heterocycles. The van der Waals surface area contributed by atoms with Gasteiger partial charge in [-0.3, -0.25) is 0 Å². The van der Waals surface area contributed by atoms with Gasteiger partial charge in [0.1, 0.15) is 0 Å². The van der Waals surface area contributed by atoms with Crippen molar-refractivity contribution < 1.29 is 41.0 Å². The Hall–Kier alpha value is -2.78. The first-order valence-electron chi connectivity index (χ1n) is 12.0. The van der Waals surface area contributed by atoms with Crippen molar-refractivity contribution in [2.75, 3.05) is 46.0 Å². The highest BCUT2D eigenvalue weighted by Crippen LogP contribution is 2.33. The van der Waals surface area contributed by atoms with Crippen LogP contribution in [0, 0.1) is 5.92 Å². The Labute approximate surface area is 219 Å². The van der Waals surface area contributed by atoms with Gasteiger partial charge in [0.15, 0.2) is 0 Å². The van der Waals surface area contributed by atoms with Gasteiger partial charge in [0.25, 0.3) is 10.2 Å². The topological polar surface area (TPSA) is 135 Å². The summed E-state index contributed by atoms with van der Waals surface area (Å²) in [7, 11) is -3.55. The molecule has 3 N–H and O–H groups in total. The molecule has 0 saturated carbocycles. The summed E-state index contributed by atoms with van der Waals surface area (Å²) in [5, 5.41) is 7.12. The number of carboxylic acids is 1. The molecular weight excluding hydrogens is 529 g/mol. The Morgan fingerprint density at radius 3 is 2.39 bits per heavy atom. The Bertz CT molecular complexity index is 1150. The molecule has 0 radical (unpaired) electrons. The van der Waals surface area contributed by atoms with Crippen LogP contribution < -0.4 is 10.5 Å². The minimum Gasteiger partial charge on any atom is -0.477 e. The number of pyridine rings is 1. The van der Waals surface area contributed by atoms with Gasteiger partial charge in [-0.2, -0.15) is 30.2 Å². The number of carbonyl (C=O) groups is 1. The zero-order valence-corrected chi connectivity index (χ0v) is 21.4. The average Bonchev–Trinajstić information content (AvgIpc) is 2.92. The van der Waals surface area contributed by atoms with Crippen molar-refractivity contribution in [2.45, 2.75) is 25.1 Å². The van der Waals surface area contributed by atoms with Crippen LogP contribution >= 0.6 is 0 Å². The Morgan fingerprint density at radius 1 is 1.13 bits per heavy atom. The first kappa shape index (κ1) is 29.8. The summed E-state index contributed by atoms with van der Waals surface area (Å²) in [5.74, 6) is -2.07. The zero-order valence-electron chi connectivity index (χ0n) is 20.6. The number of halogens is 3. The van der Waals surface area contributed by atoms with Crippen LogP contribution in [0.2, 0.25) is 0 Å². The number of hydrogen-bond donors (Lipinski definition) is 2. The van der Waals surface area contributed by atoms with E-state index in [9.17, 15) is 21.6 Å². The van der Waals surface area contributed by atoms with Crippen molar-refractivity contribution in [3.05, 3.63) is 59.8 Å². The van der Waals surface area contributed by atoms with Gasteiger partial charge in [-0.1, -0.05) is 30.3 Å². The molecule has 210 valence electrons. The van der Waals surface area contributed by atoms with Gasteiger partial charge in [0.2, 0.25) is 5.88 Å². The lowest BCUT2D eigenvalue weighted by Crippen LogP contribution is -2.53. The van der Waals surface area contributed by atoms with E-state index in [2.05, 4.69) is 17.1 Å². The predicted octanol–water partition coefficient (Wildman–Crippen LogP) is 2.24. The molecule has 2 atom stereocenters. The summed E-state index contributed by atoms with van der Waals surface area (Å²) in [6.07, 6.45) is -2.55. The number of carboxylic acid groups (broad SMARTS) is 1. The van der Waals surface area contributed by atoms with E-state index in [4.69, 9.17) is 25.1 Å².